The lowest BCUT2D eigenvalue weighted by Gasteiger charge is -2.35. The van der Waals surface area contributed by atoms with Crippen LogP contribution in [0.15, 0.2) is 64.0 Å². The molecule has 0 atom stereocenters. The molecule has 10 heteroatoms. The minimum Gasteiger partial charge on any atom is -0.369 e. The van der Waals surface area contributed by atoms with Crippen LogP contribution in [0.3, 0.4) is 0 Å². The second-order valence-corrected chi connectivity index (χ2v) is 11.1. The maximum Gasteiger partial charge on any atom is 0.256 e. The van der Waals surface area contributed by atoms with Gasteiger partial charge >= 0.3 is 0 Å². The second-order valence-electron chi connectivity index (χ2n) is 9.18. The normalized spacial score (nSPS) is 15.4. The average Bonchev–Trinajstić information content (AvgIpc) is 3.29. The molecule has 2 aromatic carbocycles. The summed E-state index contributed by atoms with van der Waals surface area (Å²) in [6.45, 7) is 7.42. The summed E-state index contributed by atoms with van der Waals surface area (Å²) in [5.41, 5.74) is 0.788. The standard InChI is InChI=1S/C24H27FN4O4S/c1-24(2,3)21-16-22(27-33-21)26-23(30)17-5-4-6-20(15-17)34(31,32)29-13-11-28(12-14-29)19-9-7-18(25)8-10-19/h4-10,15-16H,11-14H2,1-3H3,(H,26,27,30). The van der Waals surface area contributed by atoms with Crippen LogP contribution >= 0.6 is 0 Å². The maximum absolute atomic E-state index is 13.2. The van der Waals surface area contributed by atoms with Gasteiger partial charge in [0.15, 0.2) is 5.82 Å². The number of nitrogens with one attached hydrogen (secondary N) is 1. The van der Waals surface area contributed by atoms with Crippen molar-refractivity contribution in [3.05, 3.63) is 71.7 Å². The number of carbonyl (C=O) groups excluding carboxylic acids is 1. The van der Waals surface area contributed by atoms with E-state index in [0.29, 0.717) is 18.8 Å². The van der Waals surface area contributed by atoms with Gasteiger partial charge in [-0.05, 0) is 42.5 Å². The van der Waals surface area contributed by atoms with Crippen LogP contribution in [0.4, 0.5) is 15.9 Å². The molecule has 0 aliphatic carbocycles. The summed E-state index contributed by atoms with van der Waals surface area (Å²) in [4.78, 5) is 14.8. The maximum atomic E-state index is 13.2. The minimum atomic E-state index is -3.79. The molecule has 34 heavy (non-hydrogen) atoms. The van der Waals surface area contributed by atoms with Crippen molar-refractivity contribution in [1.82, 2.24) is 9.46 Å². The van der Waals surface area contributed by atoms with Gasteiger partial charge in [0, 0.05) is 48.9 Å². The van der Waals surface area contributed by atoms with Crippen molar-refractivity contribution >= 4 is 27.4 Å². The molecule has 1 saturated heterocycles. The number of anilines is 2. The molecule has 0 spiro atoms. The van der Waals surface area contributed by atoms with Crippen molar-refractivity contribution in [3.8, 4) is 0 Å². The second kappa shape index (κ2) is 9.19. The molecule has 1 amide bonds. The molecule has 180 valence electrons. The fourth-order valence-corrected chi connectivity index (χ4v) is 5.13. The average molecular weight is 487 g/mol. The predicted octanol–water partition coefficient (Wildman–Crippen LogP) is 3.87. The van der Waals surface area contributed by atoms with Crippen LogP contribution in [0.25, 0.3) is 0 Å². The summed E-state index contributed by atoms with van der Waals surface area (Å²) in [5, 5.41) is 6.52. The number of aromatic nitrogens is 1. The quantitative estimate of drug-likeness (QED) is 0.588. The fourth-order valence-electron chi connectivity index (χ4n) is 3.66. The first kappa shape index (κ1) is 23.9. The molecule has 1 aliphatic rings. The van der Waals surface area contributed by atoms with E-state index in [-0.39, 0.29) is 40.6 Å². The van der Waals surface area contributed by atoms with Crippen LogP contribution in [-0.2, 0) is 15.4 Å². The number of piperazine rings is 1. The molecule has 4 rings (SSSR count). The van der Waals surface area contributed by atoms with Crippen molar-refractivity contribution in [2.45, 2.75) is 31.1 Å². The van der Waals surface area contributed by atoms with Crippen LogP contribution in [0.1, 0.15) is 36.9 Å². The first-order valence-corrected chi connectivity index (χ1v) is 12.4. The molecule has 0 radical (unpaired) electrons. The first-order valence-electron chi connectivity index (χ1n) is 10.9. The van der Waals surface area contributed by atoms with E-state index in [1.165, 1.54) is 28.6 Å². The van der Waals surface area contributed by atoms with E-state index >= 15 is 0 Å². The molecule has 1 fully saturated rings. The molecular formula is C24H27FN4O4S. The van der Waals surface area contributed by atoms with Crippen molar-refractivity contribution in [2.75, 3.05) is 36.4 Å². The number of hydrogen-bond acceptors (Lipinski definition) is 6. The highest BCUT2D eigenvalue weighted by Crippen LogP contribution is 2.25. The smallest absolute Gasteiger partial charge is 0.256 e. The Balaban J connectivity index is 1.44. The zero-order valence-electron chi connectivity index (χ0n) is 19.3. The van der Waals surface area contributed by atoms with E-state index in [4.69, 9.17) is 4.52 Å². The zero-order chi connectivity index (χ0) is 24.5. The fraction of sp³-hybridized carbons (Fsp3) is 0.333. The SMILES string of the molecule is CC(C)(C)c1cc(NC(=O)c2cccc(S(=O)(=O)N3CCN(c4ccc(F)cc4)CC3)c2)no1. The number of rotatable bonds is 5. The van der Waals surface area contributed by atoms with Crippen molar-refractivity contribution in [2.24, 2.45) is 0 Å². The summed E-state index contributed by atoms with van der Waals surface area (Å²) in [5.74, 6) is 0.0954. The summed E-state index contributed by atoms with van der Waals surface area (Å²) < 4.78 is 46.3. The van der Waals surface area contributed by atoms with Crippen LogP contribution in [-0.4, -0.2) is 50.0 Å². The van der Waals surface area contributed by atoms with Gasteiger partial charge in [0.05, 0.1) is 4.90 Å². The Hall–Kier alpha value is -3.24. The third-order valence-corrected chi connectivity index (χ3v) is 7.55. The molecular weight excluding hydrogens is 459 g/mol. The van der Waals surface area contributed by atoms with Gasteiger partial charge in [0.2, 0.25) is 10.0 Å². The van der Waals surface area contributed by atoms with Crippen molar-refractivity contribution in [1.29, 1.82) is 0 Å². The lowest BCUT2D eigenvalue weighted by Crippen LogP contribution is -2.48. The lowest BCUT2D eigenvalue weighted by atomic mass is 9.93. The number of sulfonamides is 1. The van der Waals surface area contributed by atoms with E-state index in [1.807, 2.05) is 25.7 Å². The van der Waals surface area contributed by atoms with E-state index in [2.05, 4.69) is 10.5 Å². The number of nitrogens with zero attached hydrogens (tertiary/aromatic N) is 3. The number of halogens is 1. The van der Waals surface area contributed by atoms with Gasteiger partial charge in [0.25, 0.3) is 5.91 Å². The third kappa shape index (κ3) is 5.13. The first-order chi connectivity index (χ1) is 16.0. The largest absolute Gasteiger partial charge is 0.369 e. The summed E-state index contributed by atoms with van der Waals surface area (Å²) in [7, 11) is -3.79. The minimum absolute atomic E-state index is 0.0471. The highest BCUT2D eigenvalue weighted by molar-refractivity contribution is 7.89. The molecule has 1 aliphatic heterocycles. The Labute approximate surface area is 198 Å². The van der Waals surface area contributed by atoms with E-state index in [1.54, 1.807) is 30.3 Å². The van der Waals surface area contributed by atoms with Gasteiger partial charge in [-0.3, -0.25) is 4.79 Å². The van der Waals surface area contributed by atoms with E-state index < -0.39 is 15.9 Å². The number of carbonyl (C=O) groups is 1. The van der Waals surface area contributed by atoms with Crippen LogP contribution in [0.5, 0.6) is 0 Å². The monoisotopic (exact) mass is 486 g/mol. The zero-order valence-corrected chi connectivity index (χ0v) is 20.1. The molecule has 0 unspecified atom stereocenters. The summed E-state index contributed by atoms with van der Waals surface area (Å²) in [6.07, 6.45) is 0. The Morgan fingerprint density at radius 3 is 2.32 bits per heavy atom. The number of hydrogen-bond donors (Lipinski definition) is 1. The Morgan fingerprint density at radius 1 is 1.03 bits per heavy atom. The van der Waals surface area contributed by atoms with Gasteiger partial charge in [-0.2, -0.15) is 4.31 Å². The molecule has 1 N–H and O–H groups in total. The summed E-state index contributed by atoms with van der Waals surface area (Å²) >= 11 is 0. The van der Waals surface area contributed by atoms with Crippen molar-refractivity contribution in [3.63, 3.8) is 0 Å². The van der Waals surface area contributed by atoms with Gasteiger partial charge in [-0.25, -0.2) is 12.8 Å². The van der Waals surface area contributed by atoms with E-state index in [0.717, 1.165) is 5.69 Å². The Bertz CT molecular complexity index is 1270. The van der Waals surface area contributed by atoms with Crippen LogP contribution < -0.4 is 10.2 Å². The molecule has 8 nitrogen and oxygen atoms in total. The third-order valence-electron chi connectivity index (χ3n) is 5.66. The Morgan fingerprint density at radius 2 is 1.71 bits per heavy atom. The molecule has 0 saturated carbocycles. The highest BCUT2D eigenvalue weighted by Gasteiger charge is 2.29. The van der Waals surface area contributed by atoms with Gasteiger partial charge in [0.1, 0.15) is 11.6 Å². The van der Waals surface area contributed by atoms with Gasteiger partial charge in [-0.1, -0.05) is 32.0 Å². The van der Waals surface area contributed by atoms with Crippen molar-refractivity contribution < 1.29 is 22.1 Å². The summed E-state index contributed by atoms with van der Waals surface area (Å²) in [6, 6.07) is 13.7. The number of benzene rings is 2. The number of amides is 1. The van der Waals surface area contributed by atoms with Crippen LogP contribution in [0.2, 0.25) is 0 Å². The van der Waals surface area contributed by atoms with Gasteiger partial charge < -0.3 is 14.7 Å². The van der Waals surface area contributed by atoms with Gasteiger partial charge in [-0.15, -0.1) is 0 Å². The van der Waals surface area contributed by atoms with E-state index in [9.17, 15) is 17.6 Å². The predicted molar refractivity (Wildman–Crippen MR) is 127 cm³/mol. The molecule has 1 aromatic heterocycles. The topological polar surface area (TPSA) is 95.8 Å². The molecule has 2 heterocycles. The van der Waals surface area contributed by atoms with Crippen LogP contribution in [0, 0.1) is 5.82 Å². The molecule has 0 bridgehead atoms. The highest BCUT2D eigenvalue weighted by atomic mass is 32.2. The lowest BCUT2D eigenvalue weighted by molar-refractivity contribution is 0.102. The molecule has 3 aromatic rings. The Kier molecular flexibility index (Phi) is 6.46.